The number of anilines is 1. The minimum absolute atomic E-state index is 0.0657. The third-order valence-electron chi connectivity index (χ3n) is 4.30. The highest BCUT2D eigenvalue weighted by atomic mass is 16.5. The van der Waals surface area contributed by atoms with Gasteiger partial charge in [0.05, 0.1) is 12.8 Å². The summed E-state index contributed by atoms with van der Waals surface area (Å²) in [5.41, 5.74) is 2.14. The summed E-state index contributed by atoms with van der Waals surface area (Å²) >= 11 is 0. The first-order valence-corrected chi connectivity index (χ1v) is 7.77. The van der Waals surface area contributed by atoms with E-state index >= 15 is 0 Å². The van der Waals surface area contributed by atoms with Crippen molar-refractivity contribution in [1.29, 1.82) is 0 Å². The van der Waals surface area contributed by atoms with Crippen molar-refractivity contribution in [2.24, 2.45) is 7.05 Å². The molecular formula is C17H22N4O2. The number of aromatic nitrogens is 2. The maximum atomic E-state index is 12.4. The molecule has 1 atom stereocenters. The standard InChI is InChI=1S/C17H22N4O2/c1-12-10-16(20(2)19-12)18-17(22)21-9-8-14(11-21)13-4-6-15(23-3)7-5-13/h4-7,10,14H,8-9,11H2,1-3H3,(H,18,22)/t14-/m0/s1. The van der Waals surface area contributed by atoms with Crippen LogP contribution in [0.1, 0.15) is 23.6 Å². The predicted octanol–water partition coefficient (Wildman–Crippen LogP) is 2.76. The lowest BCUT2D eigenvalue weighted by Crippen LogP contribution is -2.33. The van der Waals surface area contributed by atoms with E-state index in [-0.39, 0.29) is 6.03 Å². The molecule has 0 bridgehead atoms. The summed E-state index contributed by atoms with van der Waals surface area (Å²) in [6.45, 7) is 3.40. The van der Waals surface area contributed by atoms with E-state index in [0.717, 1.165) is 36.8 Å². The summed E-state index contributed by atoms with van der Waals surface area (Å²) in [6.07, 6.45) is 0.976. The molecule has 2 heterocycles. The molecule has 2 amide bonds. The number of hydrogen-bond donors (Lipinski definition) is 1. The predicted molar refractivity (Wildman–Crippen MR) is 88.9 cm³/mol. The number of ether oxygens (including phenoxy) is 1. The monoisotopic (exact) mass is 314 g/mol. The van der Waals surface area contributed by atoms with Gasteiger partial charge in [-0.2, -0.15) is 5.10 Å². The van der Waals surface area contributed by atoms with Gasteiger partial charge in [0.1, 0.15) is 11.6 Å². The van der Waals surface area contributed by atoms with Gasteiger partial charge in [0, 0.05) is 32.1 Å². The molecule has 23 heavy (non-hydrogen) atoms. The summed E-state index contributed by atoms with van der Waals surface area (Å²) in [7, 11) is 3.49. The fraction of sp³-hybridized carbons (Fsp3) is 0.412. The van der Waals surface area contributed by atoms with Crippen molar-refractivity contribution in [3.05, 3.63) is 41.6 Å². The van der Waals surface area contributed by atoms with Crippen LogP contribution in [-0.2, 0) is 7.05 Å². The Bertz CT molecular complexity index is 693. The van der Waals surface area contributed by atoms with Gasteiger partial charge < -0.3 is 9.64 Å². The number of rotatable bonds is 3. The highest BCUT2D eigenvalue weighted by Gasteiger charge is 2.27. The first-order chi connectivity index (χ1) is 11.1. The van der Waals surface area contributed by atoms with E-state index in [1.54, 1.807) is 11.8 Å². The lowest BCUT2D eigenvalue weighted by atomic mass is 9.98. The van der Waals surface area contributed by atoms with Gasteiger partial charge in [0.25, 0.3) is 0 Å². The molecule has 2 aromatic rings. The number of nitrogens with zero attached hydrogens (tertiary/aromatic N) is 3. The topological polar surface area (TPSA) is 59.4 Å². The number of methoxy groups -OCH3 is 1. The maximum Gasteiger partial charge on any atom is 0.323 e. The molecule has 1 aromatic heterocycles. The first kappa shape index (κ1) is 15.4. The zero-order valence-corrected chi connectivity index (χ0v) is 13.7. The van der Waals surface area contributed by atoms with E-state index in [9.17, 15) is 4.79 Å². The number of hydrogen-bond acceptors (Lipinski definition) is 3. The Balaban J connectivity index is 1.62. The van der Waals surface area contributed by atoms with Crippen molar-refractivity contribution >= 4 is 11.8 Å². The zero-order valence-electron chi connectivity index (χ0n) is 13.7. The van der Waals surface area contributed by atoms with Crippen molar-refractivity contribution in [2.45, 2.75) is 19.3 Å². The van der Waals surface area contributed by atoms with E-state index in [1.807, 2.05) is 37.1 Å². The molecule has 1 saturated heterocycles. The van der Waals surface area contributed by atoms with Crippen LogP contribution in [0.2, 0.25) is 0 Å². The zero-order chi connectivity index (χ0) is 16.4. The van der Waals surface area contributed by atoms with Gasteiger partial charge in [-0.3, -0.25) is 10.00 Å². The molecule has 1 aromatic carbocycles. The average Bonchev–Trinajstić information content (AvgIpc) is 3.15. The van der Waals surface area contributed by atoms with Gasteiger partial charge in [-0.05, 0) is 31.0 Å². The van der Waals surface area contributed by atoms with Crippen molar-refractivity contribution in [1.82, 2.24) is 14.7 Å². The molecule has 1 fully saturated rings. The molecule has 1 N–H and O–H groups in total. The lowest BCUT2D eigenvalue weighted by Gasteiger charge is -2.17. The van der Waals surface area contributed by atoms with Crippen molar-refractivity contribution in [3.63, 3.8) is 0 Å². The number of benzene rings is 1. The van der Waals surface area contributed by atoms with E-state index in [2.05, 4.69) is 22.5 Å². The maximum absolute atomic E-state index is 12.4. The number of carbonyl (C=O) groups excluding carboxylic acids is 1. The number of urea groups is 1. The second-order valence-electron chi connectivity index (χ2n) is 5.93. The number of amides is 2. The Kier molecular flexibility index (Phi) is 4.23. The fourth-order valence-electron chi connectivity index (χ4n) is 3.01. The van der Waals surface area contributed by atoms with Crippen LogP contribution >= 0.6 is 0 Å². The highest BCUT2D eigenvalue weighted by molar-refractivity contribution is 5.88. The Hall–Kier alpha value is -2.50. The quantitative estimate of drug-likeness (QED) is 0.947. The van der Waals surface area contributed by atoms with E-state index in [4.69, 9.17) is 4.74 Å². The van der Waals surface area contributed by atoms with Gasteiger partial charge in [0.15, 0.2) is 0 Å². The van der Waals surface area contributed by atoms with Gasteiger partial charge in [-0.25, -0.2) is 4.79 Å². The normalized spacial score (nSPS) is 17.3. The molecule has 6 nitrogen and oxygen atoms in total. The third kappa shape index (κ3) is 3.31. The van der Waals surface area contributed by atoms with Crippen LogP contribution in [0.5, 0.6) is 5.75 Å². The molecule has 1 aliphatic rings. The van der Waals surface area contributed by atoms with Crippen LogP contribution in [0, 0.1) is 6.92 Å². The molecule has 122 valence electrons. The fourth-order valence-corrected chi connectivity index (χ4v) is 3.01. The van der Waals surface area contributed by atoms with Crippen molar-refractivity contribution in [2.75, 3.05) is 25.5 Å². The van der Waals surface area contributed by atoms with Gasteiger partial charge in [-0.15, -0.1) is 0 Å². The smallest absolute Gasteiger partial charge is 0.323 e. The van der Waals surface area contributed by atoms with Crippen LogP contribution in [0.4, 0.5) is 10.6 Å². The van der Waals surface area contributed by atoms with E-state index in [0.29, 0.717) is 5.92 Å². The molecule has 0 saturated carbocycles. The minimum Gasteiger partial charge on any atom is -0.497 e. The van der Waals surface area contributed by atoms with E-state index < -0.39 is 0 Å². The molecule has 3 rings (SSSR count). The lowest BCUT2D eigenvalue weighted by molar-refractivity contribution is 0.222. The SMILES string of the molecule is COc1ccc([C@H]2CCN(C(=O)Nc3cc(C)nn3C)C2)cc1. The summed E-state index contributed by atoms with van der Waals surface area (Å²) in [5, 5.41) is 7.17. The van der Waals surface area contributed by atoms with E-state index in [1.165, 1.54) is 5.56 Å². The Morgan fingerprint density at radius 3 is 2.70 bits per heavy atom. The van der Waals surface area contributed by atoms with Crippen LogP contribution in [-0.4, -0.2) is 40.9 Å². The summed E-state index contributed by atoms with van der Waals surface area (Å²) in [6, 6.07) is 9.90. The summed E-state index contributed by atoms with van der Waals surface area (Å²) < 4.78 is 6.87. The second-order valence-corrected chi connectivity index (χ2v) is 5.93. The minimum atomic E-state index is -0.0657. The molecule has 0 aliphatic carbocycles. The highest BCUT2D eigenvalue weighted by Crippen LogP contribution is 2.28. The molecule has 6 heteroatoms. The molecule has 0 radical (unpaired) electrons. The number of aryl methyl sites for hydroxylation is 2. The number of likely N-dealkylation sites (tertiary alicyclic amines) is 1. The Labute approximate surface area is 136 Å². The van der Waals surface area contributed by atoms with Crippen LogP contribution < -0.4 is 10.1 Å². The summed E-state index contributed by atoms with van der Waals surface area (Å²) in [5.74, 6) is 1.95. The van der Waals surface area contributed by atoms with Gasteiger partial charge >= 0.3 is 6.03 Å². The first-order valence-electron chi connectivity index (χ1n) is 7.77. The molecular weight excluding hydrogens is 292 g/mol. The molecule has 0 unspecified atom stereocenters. The Morgan fingerprint density at radius 2 is 2.09 bits per heavy atom. The van der Waals surface area contributed by atoms with Gasteiger partial charge in [-0.1, -0.05) is 12.1 Å². The Morgan fingerprint density at radius 1 is 1.35 bits per heavy atom. The van der Waals surface area contributed by atoms with Crippen LogP contribution in [0.3, 0.4) is 0 Å². The van der Waals surface area contributed by atoms with Crippen LogP contribution in [0.15, 0.2) is 30.3 Å². The van der Waals surface area contributed by atoms with Gasteiger partial charge in [0.2, 0.25) is 0 Å². The number of nitrogens with one attached hydrogen (secondary N) is 1. The second kappa shape index (κ2) is 6.32. The molecule has 0 spiro atoms. The summed E-state index contributed by atoms with van der Waals surface area (Å²) in [4.78, 5) is 14.3. The van der Waals surface area contributed by atoms with Crippen molar-refractivity contribution < 1.29 is 9.53 Å². The number of carbonyl (C=O) groups is 1. The largest absolute Gasteiger partial charge is 0.497 e. The average molecular weight is 314 g/mol. The van der Waals surface area contributed by atoms with Crippen molar-refractivity contribution in [3.8, 4) is 5.75 Å². The van der Waals surface area contributed by atoms with Crippen LogP contribution in [0.25, 0.3) is 0 Å². The molecule has 1 aliphatic heterocycles. The third-order valence-corrected chi connectivity index (χ3v) is 4.30.